The normalized spacial score (nSPS) is 17.9. The van der Waals surface area contributed by atoms with Crippen LogP contribution in [-0.4, -0.2) is 0 Å². The van der Waals surface area contributed by atoms with Crippen LogP contribution >= 0.6 is 11.6 Å². The lowest BCUT2D eigenvalue weighted by atomic mass is 9.87. The highest BCUT2D eigenvalue weighted by Gasteiger charge is 2.19. The lowest BCUT2D eigenvalue weighted by Crippen LogP contribution is -2.17. The van der Waals surface area contributed by atoms with E-state index < -0.39 is 0 Å². The lowest BCUT2D eigenvalue weighted by molar-refractivity contribution is 0.598. The first-order chi connectivity index (χ1) is 9.22. The zero-order valence-corrected chi connectivity index (χ0v) is 11.3. The zero-order valence-electron chi connectivity index (χ0n) is 10.5. The molecule has 0 aromatic heterocycles. The third kappa shape index (κ3) is 2.74. The summed E-state index contributed by atoms with van der Waals surface area (Å²) in [5.74, 6) is -0.306. The van der Waals surface area contributed by atoms with Gasteiger partial charge in [-0.05, 0) is 48.6 Å². The van der Waals surface area contributed by atoms with Crippen LogP contribution in [0.3, 0.4) is 0 Å². The molecular formula is C16H15ClFN. The zero-order chi connectivity index (χ0) is 13.2. The van der Waals surface area contributed by atoms with E-state index in [2.05, 4.69) is 29.6 Å². The molecule has 0 amide bonds. The highest BCUT2D eigenvalue weighted by atomic mass is 35.5. The molecule has 0 saturated heterocycles. The second-order valence-electron chi connectivity index (χ2n) is 4.95. The molecule has 0 bridgehead atoms. The second kappa shape index (κ2) is 5.22. The SMILES string of the molecule is Fc1cc(Cl)cc(NC2CCCc3ccccc32)c1. The first-order valence-electron chi connectivity index (χ1n) is 6.53. The number of aryl methyl sites for hydroxylation is 1. The van der Waals surface area contributed by atoms with Crippen LogP contribution in [0.25, 0.3) is 0 Å². The van der Waals surface area contributed by atoms with Gasteiger partial charge >= 0.3 is 0 Å². The standard InChI is InChI=1S/C16H15ClFN/c17-12-8-13(18)10-14(9-12)19-16-7-3-5-11-4-1-2-6-15(11)16/h1-2,4,6,8-10,16,19H,3,5,7H2. The molecule has 0 heterocycles. The Morgan fingerprint density at radius 3 is 2.84 bits per heavy atom. The number of anilines is 1. The summed E-state index contributed by atoms with van der Waals surface area (Å²) in [6.07, 6.45) is 3.33. The molecule has 0 fully saturated rings. The second-order valence-corrected chi connectivity index (χ2v) is 5.38. The van der Waals surface area contributed by atoms with E-state index in [-0.39, 0.29) is 11.9 Å². The Hall–Kier alpha value is -1.54. The number of hydrogen-bond donors (Lipinski definition) is 1. The molecule has 3 heteroatoms. The first-order valence-corrected chi connectivity index (χ1v) is 6.90. The summed E-state index contributed by atoms with van der Waals surface area (Å²) in [7, 11) is 0. The average Bonchev–Trinajstić information content (AvgIpc) is 2.38. The fourth-order valence-electron chi connectivity index (χ4n) is 2.74. The van der Waals surface area contributed by atoms with Gasteiger partial charge in [0, 0.05) is 10.7 Å². The van der Waals surface area contributed by atoms with Crippen molar-refractivity contribution in [1.29, 1.82) is 0 Å². The Kier molecular flexibility index (Phi) is 3.43. The Morgan fingerprint density at radius 2 is 2.00 bits per heavy atom. The van der Waals surface area contributed by atoms with Gasteiger partial charge in [-0.2, -0.15) is 0 Å². The van der Waals surface area contributed by atoms with Gasteiger partial charge in [-0.25, -0.2) is 4.39 Å². The third-order valence-electron chi connectivity index (χ3n) is 3.57. The van der Waals surface area contributed by atoms with Gasteiger partial charge in [0.25, 0.3) is 0 Å². The molecule has 0 aliphatic heterocycles. The smallest absolute Gasteiger partial charge is 0.126 e. The van der Waals surface area contributed by atoms with Crippen LogP contribution in [0.15, 0.2) is 42.5 Å². The fourth-order valence-corrected chi connectivity index (χ4v) is 2.96. The molecule has 1 aliphatic rings. The molecule has 2 aromatic rings. The molecular weight excluding hydrogens is 261 g/mol. The van der Waals surface area contributed by atoms with Crippen LogP contribution < -0.4 is 5.32 Å². The van der Waals surface area contributed by atoms with Gasteiger partial charge in [0.1, 0.15) is 5.82 Å². The molecule has 3 rings (SSSR count). The summed E-state index contributed by atoms with van der Waals surface area (Å²) >= 11 is 5.89. The third-order valence-corrected chi connectivity index (χ3v) is 3.79. The number of nitrogens with one attached hydrogen (secondary N) is 1. The van der Waals surface area contributed by atoms with E-state index in [0.29, 0.717) is 5.02 Å². The molecule has 0 saturated carbocycles. The molecule has 1 atom stereocenters. The van der Waals surface area contributed by atoms with Crippen molar-refractivity contribution in [2.75, 3.05) is 5.32 Å². The predicted octanol–water partition coefficient (Wildman–Crippen LogP) is 4.97. The Labute approximate surface area is 117 Å². The minimum atomic E-state index is -0.306. The molecule has 19 heavy (non-hydrogen) atoms. The van der Waals surface area contributed by atoms with Crippen molar-refractivity contribution in [3.63, 3.8) is 0 Å². The number of benzene rings is 2. The molecule has 2 aromatic carbocycles. The van der Waals surface area contributed by atoms with Crippen LogP contribution in [-0.2, 0) is 6.42 Å². The molecule has 1 aliphatic carbocycles. The van der Waals surface area contributed by atoms with Gasteiger partial charge in [0.15, 0.2) is 0 Å². The maximum atomic E-state index is 13.4. The maximum Gasteiger partial charge on any atom is 0.126 e. The largest absolute Gasteiger partial charge is 0.378 e. The van der Waals surface area contributed by atoms with E-state index in [4.69, 9.17) is 11.6 Å². The van der Waals surface area contributed by atoms with E-state index in [1.165, 1.54) is 23.3 Å². The lowest BCUT2D eigenvalue weighted by Gasteiger charge is -2.27. The Balaban J connectivity index is 1.88. The van der Waals surface area contributed by atoms with Crippen LogP contribution in [0.1, 0.15) is 30.0 Å². The Morgan fingerprint density at radius 1 is 1.16 bits per heavy atom. The minimum Gasteiger partial charge on any atom is -0.378 e. The summed E-state index contributed by atoms with van der Waals surface area (Å²) < 4.78 is 13.4. The van der Waals surface area contributed by atoms with Gasteiger partial charge in [-0.1, -0.05) is 35.9 Å². The van der Waals surface area contributed by atoms with E-state index >= 15 is 0 Å². The number of hydrogen-bond acceptors (Lipinski definition) is 1. The number of rotatable bonds is 2. The van der Waals surface area contributed by atoms with Crippen molar-refractivity contribution in [3.05, 3.63) is 64.4 Å². The van der Waals surface area contributed by atoms with Crippen molar-refractivity contribution in [2.45, 2.75) is 25.3 Å². The van der Waals surface area contributed by atoms with Gasteiger partial charge in [0.2, 0.25) is 0 Å². The first kappa shape index (κ1) is 12.5. The average molecular weight is 276 g/mol. The highest BCUT2D eigenvalue weighted by Crippen LogP contribution is 2.33. The molecule has 1 nitrogen and oxygen atoms in total. The van der Waals surface area contributed by atoms with Crippen molar-refractivity contribution in [2.24, 2.45) is 0 Å². The van der Waals surface area contributed by atoms with Crippen molar-refractivity contribution in [3.8, 4) is 0 Å². The summed E-state index contributed by atoms with van der Waals surface area (Å²) in [4.78, 5) is 0. The van der Waals surface area contributed by atoms with Gasteiger partial charge in [-0.15, -0.1) is 0 Å². The summed E-state index contributed by atoms with van der Waals surface area (Å²) in [6, 6.07) is 13.3. The van der Waals surface area contributed by atoms with E-state index in [1.54, 1.807) is 6.07 Å². The predicted molar refractivity (Wildman–Crippen MR) is 77.2 cm³/mol. The van der Waals surface area contributed by atoms with Gasteiger partial charge < -0.3 is 5.32 Å². The highest BCUT2D eigenvalue weighted by molar-refractivity contribution is 6.30. The number of fused-ring (bicyclic) bond motifs is 1. The van der Waals surface area contributed by atoms with Crippen molar-refractivity contribution in [1.82, 2.24) is 0 Å². The van der Waals surface area contributed by atoms with Crippen molar-refractivity contribution < 1.29 is 4.39 Å². The summed E-state index contributed by atoms with van der Waals surface area (Å²) in [5, 5.41) is 3.82. The van der Waals surface area contributed by atoms with E-state index in [9.17, 15) is 4.39 Å². The van der Waals surface area contributed by atoms with Gasteiger partial charge in [0.05, 0.1) is 6.04 Å². The molecule has 98 valence electrons. The molecule has 1 N–H and O–H groups in total. The van der Waals surface area contributed by atoms with E-state index in [0.717, 1.165) is 24.9 Å². The minimum absolute atomic E-state index is 0.239. The molecule has 0 spiro atoms. The van der Waals surface area contributed by atoms with Crippen LogP contribution in [0, 0.1) is 5.82 Å². The topological polar surface area (TPSA) is 12.0 Å². The summed E-state index contributed by atoms with van der Waals surface area (Å²) in [6.45, 7) is 0. The molecule has 0 radical (unpaired) electrons. The molecule has 1 unspecified atom stereocenters. The quantitative estimate of drug-likeness (QED) is 0.816. The van der Waals surface area contributed by atoms with Crippen LogP contribution in [0.5, 0.6) is 0 Å². The Bertz CT molecular complexity index is 577. The number of halogens is 2. The monoisotopic (exact) mass is 275 g/mol. The van der Waals surface area contributed by atoms with Gasteiger partial charge in [-0.3, -0.25) is 0 Å². The van der Waals surface area contributed by atoms with Crippen LogP contribution in [0.2, 0.25) is 5.02 Å². The van der Waals surface area contributed by atoms with Crippen LogP contribution in [0.4, 0.5) is 10.1 Å². The van der Waals surface area contributed by atoms with Crippen molar-refractivity contribution >= 4 is 17.3 Å². The summed E-state index contributed by atoms with van der Waals surface area (Å²) in [5.41, 5.74) is 3.44. The van der Waals surface area contributed by atoms with E-state index in [1.807, 2.05) is 0 Å². The maximum absolute atomic E-state index is 13.4. The fraction of sp³-hybridized carbons (Fsp3) is 0.250.